The number of rotatable bonds is 49. The van der Waals surface area contributed by atoms with E-state index in [1.807, 2.05) is 56.1 Å². The summed E-state index contributed by atoms with van der Waals surface area (Å²) < 4.78 is 0. The summed E-state index contributed by atoms with van der Waals surface area (Å²) >= 11 is 0. The molecule has 78 heavy (non-hydrogen) atoms. The van der Waals surface area contributed by atoms with Crippen LogP contribution in [0.5, 0.6) is 0 Å². The van der Waals surface area contributed by atoms with Gasteiger partial charge in [0.25, 0.3) is 0 Å². The number of Topliss-reactive ketones (excluding diaryl/α,β-unsaturated/α-hetero) is 2. The second kappa shape index (κ2) is 44.6. The smallest absolute Gasteiger partial charge is 0.226 e. The molecule has 4 N–H and O–H groups in total. The van der Waals surface area contributed by atoms with Crippen LogP contribution in [-0.4, -0.2) is 261 Å². The van der Waals surface area contributed by atoms with Gasteiger partial charge in [-0.05, 0) is 82.1 Å². The molecule has 0 heterocycles. The molecular weight excluding hydrogens is 993 g/mol. The summed E-state index contributed by atoms with van der Waals surface area (Å²) in [6.45, 7) is 18.1. The lowest BCUT2D eigenvalue weighted by Gasteiger charge is -2.28. The second-order valence-corrected chi connectivity index (χ2v) is 22.7. The quantitative estimate of drug-likeness (QED) is 0.0645. The van der Waals surface area contributed by atoms with Crippen LogP contribution in [0.1, 0.15) is 137 Å². The van der Waals surface area contributed by atoms with Crippen molar-refractivity contribution in [2.75, 3.05) is 169 Å². The Bertz CT molecular complexity index is 1710. The largest absolute Gasteiger partial charge is 0.356 e. The molecule has 20 heteroatoms. The maximum absolute atomic E-state index is 14.6. The molecule has 454 valence electrons. The van der Waals surface area contributed by atoms with E-state index in [9.17, 15) is 38.4 Å². The van der Waals surface area contributed by atoms with Crippen molar-refractivity contribution in [3.05, 3.63) is 0 Å². The first-order valence-corrected chi connectivity index (χ1v) is 29.7. The number of hydrogen-bond donors (Lipinski definition) is 4. The normalized spacial score (nSPS) is 13.2. The Morgan fingerprint density at radius 3 is 1.27 bits per heavy atom. The molecule has 0 saturated carbocycles. The number of nitrogens with zero attached hydrogens (tertiary/aromatic N) is 8. The maximum Gasteiger partial charge on any atom is 0.226 e. The fraction of sp³-hybridized carbons (Fsp3) is 0.862. The minimum absolute atomic E-state index is 0.205. The van der Waals surface area contributed by atoms with Gasteiger partial charge in [-0.3, -0.25) is 38.4 Å². The number of nitrogens with one attached hydrogen (secondary N) is 4. The molecule has 0 aromatic heterocycles. The Labute approximate surface area is 473 Å². The zero-order chi connectivity index (χ0) is 59.0. The van der Waals surface area contributed by atoms with Gasteiger partial charge in [0.1, 0.15) is 5.78 Å². The lowest BCUT2D eigenvalue weighted by atomic mass is 9.87. The highest BCUT2D eigenvalue weighted by Gasteiger charge is 2.35. The minimum atomic E-state index is -1.35. The van der Waals surface area contributed by atoms with Crippen LogP contribution in [0.2, 0.25) is 0 Å². The van der Waals surface area contributed by atoms with E-state index in [0.717, 1.165) is 110 Å². The van der Waals surface area contributed by atoms with Crippen molar-refractivity contribution in [2.24, 2.45) is 17.8 Å². The van der Waals surface area contributed by atoms with Crippen LogP contribution in [0.3, 0.4) is 0 Å². The topological polar surface area (TPSA) is 211 Å². The summed E-state index contributed by atoms with van der Waals surface area (Å²) in [6.07, 6.45) is 7.53. The summed E-state index contributed by atoms with van der Waals surface area (Å²) in [5, 5.41) is 11.5. The molecule has 20 nitrogen and oxygen atoms in total. The third-order valence-corrected chi connectivity index (χ3v) is 14.5. The van der Waals surface area contributed by atoms with Gasteiger partial charge in [0.15, 0.2) is 5.78 Å². The van der Waals surface area contributed by atoms with Gasteiger partial charge in [0, 0.05) is 150 Å². The molecule has 4 atom stereocenters. The first-order chi connectivity index (χ1) is 37.0. The van der Waals surface area contributed by atoms with E-state index < -0.39 is 78.3 Å². The van der Waals surface area contributed by atoms with E-state index in [1.165, 1.54) is 4.90 Å². The van der Waals surface area contributed by atoms with Crippen molar-refractivity contribution >= 4 is 47.0 Å². The van der Waals surface area contributed by atoms with E-state index in [2.05, 4.69) is 78.6 Å². The third kappa shape index (κ3) is 37.0. The molecular formula is C58H114N12O8. The summed E-state index contributed by atoms with van der Waals surface area (Å²) in [6, 6.07) is -1.35. The van der Waals surface area contributed by atoms with Gasteiger partial charge in [-0.2, -0.15) is 0 Å². The van der Waals surface area contributed by atoms with Crippen LogP contribution in [0.15, 0.2) is 0 Å². The zero-order valence-electron chi connectivity index (χ0n) is 51.8. The van der Waals surface area contributed by atoms with Gasteiger partial charge in [-0.25, -0.2) is 0 Å². The number of ketones is 2. The number of amides is 6. The Morgan fingerprint density at radius 2 is 0.795 bits per heavy atom. The minimum Gasteiger partial charge on any atom is -0.356 e. The van der Waals surface area contributed by atoms with Gasteiger partial charge >= 0.3 is 0 Å². The van der Waals surface area contributed by atoms with Gasteiger partial charge in [0.05, 0.1) is 24.3 Å². The number of carbonyl (C=O) groups is 8. The molecule has 0 rings (SSSR count). The van der Waals surface area contributed by atoms with Gasteiger partial charge in [0.2, 0.25) is 35.4 Å². The second-order valence-electron chi connectivity index (χ2n) is 22.7. The van der Waals surface area contributed by atoms with E-state index >= 15 is 0 Å². The average Bonchev–Trinajstić information content (AvgIpc) is 3.39. The van der Waals surface area contributed by atoms with Crippen LogP contribution in [-0.2, 0) is 38.4 Å². The Balaban J connectivity index is 6.73. The third-order valence-electron chi connectivity index (χ3n) is 14.5. The summed E-state index contributed by atoms with van der Waals surface area (Å²) in [5.41, 5.74) is 0. The van der Waals surface area contributed by atoms with Crippen LogP contribution in [0, 0.1) is 17.8 Å². The number of hydrogen-bond acceptors (Lipinski definition) is 14. The Hall–Kier alpha value is -4.08. The molecule has 0 aromatic rings. The number of unbranched alkanes of at least 4 members (excludes halogenated alkanes) is 7. The monoisotopic (exact) mass is 1110 g/mol. The van der Waals surface area contributed by atoms with Crippen molar-refractivity contribution in [2.45, 2.75) is 143 Å². The maximum atomic E-state index is 14.6. The summed E-state index contributed by atoms with van der Waals surface area (Å²) in [7, 11) is 19.6. The summed E-state index contributed by atoms with van der Waals surface area (Å²) in [4.78, 5) is 128. The molecule has 0 radical (unpaired) electrons. The molecule has 6 amide bonds. The molecule has 0 saturated heterocycles. The first-order valence-electron chi connectivity index (χ1n) is 29.7. The molecule has 0 bridgehead atoms. The molecule has 0 aromatic carbocycles. The molecule has 0 aliphatic carbocycles. The summed E-state index contributed by atoms with van der Waals surface area (Å²) in [5.74, 6) is -6.41. The van der Waals surface area contributed by atoms with Crippen molar-refractivity contribution in [1.82, 2.24) is 60.5 Å². The molecule has 0 spiro atoms. The van der Waals surface area contributed by atoms with Gasteiger partial charge in [-0.1, -0.05) is 72.6 Å². The van der Waals surface area contributed by atoms with E-state index in [1.54, 1.807) is 19.0 Å². The van der Waals surface area contributed by atoms with Crippen LogP contribution < -0.4 is 21.3 Å². The lowest BCUT2D eigenvalue weighted by Crippen LogP contribution is -2.47. The zero-order valence-corrected chi connectivity index (χ0v) is 51.8. The fourth-order valence-corrected chi connectivity index (χ4v) is 8.57. The Morgan fingerprint density at radius 1 is 0.372 bits per heavy atom. The molecule has 0 aliphatic heterocycles. The highest BCUT2D eigenvalue weighted by Crippen LogP contribution is 2.21. The van der Waals surface area contributed by atoms with E-state index in [4.69, 9.17) is 0 Å². The van der Waals surface area contributed by atoms with E-state index in [-0.39, 0.29) is 31.1 Å². The fourth-order valence-electron chi connectivity index (χ4n) is 8.57. The number of carbonyl (C=O) groups excluding carboxylic acids is 8. The Kier molecular flexibility index (Phi) is 42.3. The highest BCUT2D eigenvalue weighted by atomic mass is 16.2. The predicted molar refractivity (Wildman–Crippen MR) is 315 cm³/mol. The van der Waals surface area contributed by atoms with Crippen LogP contribution in [0.25, 0.3) is 0 Å². The SMILES string of the molecule is CCCCCCNC(=O)CC(NC(=O)CC(CC)C(=O)NCCCCCC)C(=O)CC(CC(=O)CC(CC(=O)N(C)CCN(C)CCN(C)CCN(C)C)C(=O)NCCCC)C(=O)N(C)CCN(C)CCN(C)CCN(C)C. The van der Waals surface area contributed by atoms with Gasteiger partial charge < -0.3 is 60.5 Å². The highest BCUT2D eigenvalue weighted by molar-refractivity contribution is 5.98. The standard InChI is InChI=1S/C58H114N12O8/c1-15-19-22-24-27-59-53(73)46-51(62-54(74)44-47(18-4)56(76)61-28-25-23-20-16-2)52(72)43-49(58(78)70(14)40-38-68(12)36-34-66(10)32-30-64(7)8)42-50(71)41-48(57(77)60-26-21-17-3)45-55(75)69(13)39-37-67(11)35-33-65(9)31-29-63(5)6/h47-49,51H,15-46H2,1-14H3,(H,59,73)(H,60,77)(H,61,76)(H,62,74). The van der Waals surface area contributed by atoms with Crippen LogP contribution >= 0.6 is 0 Å². The van der Waals surface area contributed by atoms with Crippen molar-refractivity contribution in [3.8, 4) is 0 Å². The first kappa shape index (κ1) is 73.9. The van der Waals surface area contributed by atoms with Crippen molar-refractivity contribution in [3.63, 3.8) is 0 Å². The lowest BCUT2D eigenvalue weighted by molar-refractivity contribution is -0.141. The van der Waals surface area contributed by atoms with E-state index in [0.29, 0.717) is 58.7 Å². The molecule has 0 aliphatic rings. The van der Waals surface area contributed by atoms with Gasteiger partial charge in [-0.15, -0.1) is 0 Å². The average molecular weight is 1110 g/mol. The number of likely N-dealkylation sites (N-methyl/N-ethyl adjacent to an activating group) is 8. The molecule has 4 unspecified atom stereocenters. The predicted octanol–water partition coefficient (Wildman–Crippen LogP) is 3.29. The van der Waals surface area contributed by atoms with Crippen molar-refractivity contribution < 1.29 is 38.4 Å². The van der Waals surface area contributed by atoms with Crippen molar-refractivity contribution in [1.29, 1.82) is 0 Å². The van der Waals surface area contributed by atoms with Crippen LogP contribution in [0.4, 0.5) is 0 Å². The molecule has 0 fully saturated rings.